The zero-order valence-electron chi connectivity index (χ0n) is 18.1. The SMILES string of the molecule is NCCc1ccc(OCCC2Oc3ccccc3N(Cc3cccc(C(=O)O)c3)C2=O)cc1. The number of fused-ring (bicyclic) bond motifs is 1. The molecule has 1 amide bonds. The lowest BCUT2D eigenvalue weighted by Gasteiger charge is -2.34. The number of benzene rings is 3. The highest BCUT2D eigenvalue weighted by Crippen LogP contribution is 2.35. The van der Waals surface area contributed by atoms with Crippen molar-refractivity contribution in [3.8, 4) is 11.5 Å². The summed E-state index contributed by atoms with van der Waals surface area (Å²) in [7, 11) is 0. The van der Waals surface area contributed by atoms with E-state index in [4.69, 9.17) is 15.2 Å². The number of anilines is 1. The smallest absolute Gasteiger partial charge is 0.335 e. The maximum Gasteiger partial charge on any atom is 0.335 e. The fourth-order valence-corrected chi connectivity index (χ4v) is 3.81. The summed E-state index contributed by atoms with van der Waals surface area (Å²) in [6.45, 7) is 1.16. The van der Waals surface area contributed by atoms with Gasteiger partial charge in [0.05, 0.1) is 24.4 Å². The largest absolute Gasteiger partial charge is 0.493 e. The summed E-state index contributed by atoms with van der Waals surface area (Å²) in [5.41, 5.74) is 8.31. The highest BCUT2D eigenvalue weighted by atomic mass is 16.5. The third-order valence-corrected chi connectivity index (χ3v) is 5.49. The molecule has 0 bridgehead atoms. The van der Waals surface area contributed by atoms with Gasteiger partial charge in [-0.3, -0.25) is 4.79 Å². The fraction of sp³-hybridized carbons (Fsp3) is 0.231. The maximum atomic E-state index is 13.3. The number of aromatic carboxylic acids is 1. The predicted octanol–water partition coefficient (Wildman–Crippen LogP) is 3.65. The van der Waals surface area contributed by atoms with Gasteiger partial charge in [-0.2, -0.15) is 0 Å². The molecule has 1 aliphatic heterocycles. The van der Waals surface area contributed by atoms with Crippen LogP contribution >= 0.6 is 0 Å². The minimum atomic E-state index is -1.00. The summed E-state index contributed by atoms with van der Waals surface area (Å²) in [5.74, 6) is 0.150. The first-order valence-electron chi connectivity index (χ1n) is 10.9. The standard InChI is InChI=1S/C26H26N2O5/c27-14-12-18-8-10-21(11-9-18)32-15-13-24-25(29)28(22-6-1-2-7-23(22)33-24)17-19-4-3-5-20(16-19)26(30)31/h1-11,16,24H,12-15,17,27H2,(H,30,31). The van der Waals surface area contributed by atoms with Gasteiger partial charge in [0.25, 0.3) is 5.91 Å². The van der Waals surface area contributed by atoms with Crippen molar-refractivity contribution in [2.45, 2.75) is 25.5 Å². The maximum absolute atomic E-state index is 13.3. The van der Waals surface area contributed by atoms with Crippen molar-refractivity contribution in [2.75, 3.05) is 18.1 Å². The normalized spacial score (nSPS) is 15.0. The molecule has 3 N–H and O–H groups in total. The lowest BCUT2D eigenvalue weighted by atomic mass is 10.1. The zero-order chi connectivity index (χ0) is 23.2. The van der Waals surface area contributed by atoms with Gasteiger partial charge in [-0.15, -0.1) is 0 Å². The Morgan fingerprint density at radius 3 is 2.58 bits per heavy atom. The summed E-state index contributed by atoms with van der Waals surface area (Å²) >= 11 is 0. The highest BCUT2D eigenvalue weighted by Gasteiger charge is 2.34. The molecule has 7 nitrogen and oxygen atoms in total. The van der Waals surface area contributed by atoms with Crippen molar-refractivity contribution >= 4 is 17.6 Å². The van der Waals surface area contributed by atoms with Gasteiger partial charge in [-0.05, 0) is 60.5 Å². The van der Waals surface area contributed by atoms with Crippen molar-refractivity contribution in [1.82, 2.24) is 0 Å². The van der Waals surface area contributed by atoms with Crippen LogP contribution in [0.5, 0.6) is 11.5 Å². The molecule has 1 aliphatic rings. The Balaban J connectivity index is 1.46. The topological polar surface area (TPSA) is 102 Å². The van der Waals surface area contributed by atoms with Gasteiger partial charge in [-0.1, -0.05) is 36.4 Å². The van der Waals surface area contributed by atoms with Gasteiger partial charge in [0.15, 0.2) is 6.10 Å². The van der Waals surface area contributed by atoms with Crippen molar-refractivity contribution < 1.29 is 24.2 Å². The Kier molecular flexibility index (Phi) is 6.90. The van der Waals surface area contributed by atoms with E-state index in [9.17, 15) is 14.7 Å². The molecule has 3 aromatic carbocycles. The van der Waals surface area contributed by atoms with E-state index in [0.717, 1.165) is 23.3 Å². The monoisotopic (exact) mass is 446 g/mol. The van der Waals surface area contributed by atoms with Crippen LogP contribution in [-0.2, 0) is 17.8 Å². The molecule has 0 spiro atoms. The molecule has 0 saturated carbocycles. The van der Waals surface area contributed by atoms with Crippen LogP contribution < -0.4 is 20.1 Å². The summed E-state index contributed by atoms with van der Waals surface area (Å²) in [5, 5.41) is 9.28. The quantitative estimate of drug-likeness (QED) is 0.520. The Hall–Kier alpha value is -3.84. The molecule has 0 aliphatic carbocycles. The summed E-state index contributed by atoms with van der Waals surface area (Å²) in [4.78, 5) is 26.3. The number of hydrogen-bond acceptors (Lipinski definition) is 5. The van der Waals surface area contributed by atoms with E-state index in [1.54, 1.807) is 17.0 Å². The van der Waals surface area contributed by atoms with Crippen LogP contribution in [0.3, 0.4) is 0 Å². The highest BCUT2D eigenvalue weighted by molar-refractivity contribution is 6.00. The van der Waals surface area contributed by atoms with Crippen LogP contribution in [0.15, 0.2) is 72.8 Å². The number of hydrogen-bond donors (Lipinski definition) is 2. The van der Waals surface area contributed by atoms with Gasteiger partial charge in [0.1, 0.15) is 11.5 Å². The third-order valence-electron chi connectivity index (χ3n) is 5.49. The minimum absolute atomic E-state index is 0.184. The number of carbonyl (C=O) groups is 2. The zero-order valence-corrected chi connectivity index (χ0v) is 18.1. The van der Waals surface area contributed by atoms with E-state index in [2.05, 4.69) is 0 Å². The minimum Gasteiger partial charge on any atom is -0.493 e. The van der Waals surface area contributed by atoms with E-state index in [1.807, 2.05) is 54.6 Å². The fourth-order valence-electron chi connectivity index (χ4n) is 3.81. The van der Waals surface area contributed by atoms with Crippen molar-refractivity contribution in [2.24, 2.45) is 5.73 Å². The number of carboxylic acid groups (broad SMARTS) is 1. The molecule has 0 fully saturated rings. The van der Waals surface area contributed by atoms with Gasteiger partial charge >= 0.3 is 5.97 Å². The van der Waals surface area contributed by atoms with Crippen LogP contribution in [-0.4, -0.2) is 36.2 Å². The van der Waals surface area contributed by atoms with Crippen LogP contribution in [0.25, 0.3) is 0 Å². The second-order valence-corrected chi connectivity index (χ2v) is 7.82. The second kappa shape index (κ2) is 10.2. The number of nitrogens with two attached hydrogens (primary N) is 1. The number of para-hydroxylation sites is 2. The molecule has 1 heterocycles. The molecule has 33 heavy (non-hydrogen) atoms. The molecule has 0 saturated heterocycles. The van der Waals surface area contributed by atoms with Crippen molar-refractivity contribution in [3.63, 3.8) is 0 Å². The van der Waals surface area contributed by atoms with Crippen LogP contribution in [0.2, 0.25) is 0 Å². The number of ether oxygens (including phenoxy) is 2. The van der Waals surface area contributed by atoms with E-state index in [-0.39, 0.29) is 18.0 Å². The molecule has 4 rings (SSSR count). The number of carbonyl (C=O) groups excluding carboxylic acids is 1. The molecular formula is C26H26N2O5. The van der Waals surface area contributed by atoms with Crippen LogP contribution in [0.4, 0.5) is 5.69 Å². The van der Waals surface area contributed by atoms with Gasteiger partial charge in [-0.25, -0.2) is 4.79 Å². The summed E-state index contributed by atoms with van der Waals surface area (Å²) < 4.78 is 11.8. The van der Waals surface area contributed by atoms with E-state index < -0.39 is 12.1 Å². The predicted molar refractivity (Wildman–Crippen MR) is 125 cm³/mol. The molecule has 3 aromatic rings. The lowest BCUT2D eigenvalue weighted by molar-refractivity contribution is -0.127. The Morgan fingerprint density at radius 2 is 1.82 bits per heavy atom. The Bertz CT molecular complexity index is 1130. The Labute approximate surface area is 192 Å². The number of rotatable bonds is 9. The first kappa shape index (κ1) is 22.4. The van der Waals surface area contributed by atoms with Crippen molar-refractivity contribution in [3.05, 3.63) is 89.5 Å². The van der Waals surface area contributed by atoms with E-state index in [1.165, 1.54) is 6.07 Å². The molecule has 0 radical (unpaired) electrons. The molecular weight excluding hydrogens is 420 g/mol. The lowest BCUT2D eigenvalue weighted by Crippen LogP contribution is -2.46. The number of carboxylic acids is 1. The number of amides is 1. The number of nitrogens with zero attached hydrogens (tertiary/aromatic N) is 1. The average Bonchev–Trinajstić information content (AvgIpc) is 2.83. The van der Waals surface area contributed by atoms with Crippen LogP contribution in [0.1, 0.15) is 27.9 Å². The van der Waals surface area contributed by atoms with E-state index in [0.29, 0.717) is 31.0 Å². The third kappa shape index (κ3) is 5.32. The first-order valence-corrected chi connectivity index (χ1v) is 10.9. The van der Waals surface area contributed by atoms with Gasteiger partial charge in [0.2, 0.25) is 0 Å². The van der Waals surface area contributed by atoms with Gasteiger partial charge in [0, 0.05) is 6.42 Å². The molecule has 7 heteroatoms. The summed E-state index contributed by atoms with van der Waals surface area (Å²) in [6, 6.07) is 21.7. The molecule has 1 unspecified atom stereocenters. The van der Waals surface area contributed by atoms with E-state index >= 15 is 0 Å². The van der Waals surface area contributed by atoms with Crippen molar-refractivity contribution in [1.29, 1.82) is 0 Å². The molecule has 0 aromatic heterocycles. The van der Waals surface area contributed by atoms with Crippen LogP contribution in [0, 0.1) is 0 Å². The Morgan fingerprint density at radius 1 is 1.03 bits per heavy atom. The first-order chi connectivity index (χ1) is 16.0. The van der Waals surface area contributed by atoms with Gasteiger partial charge < -0.3 is 25.2 Å². The average molecular weight is 447 g/mol. The molecule has 1 atom stereocenters. The summed E-state index contributed by atoms with van der Waals surface area (Å²) in [6.07, 6.45) is 0.498. The molecule has 170 valence electrons. The second-order valence-electron chi connectivity index (χ2n) is 7.82.